The fourth-order valence-corrected chi connectivity index (χ4v) is 2.53. The summed E-state index contributed by atoms with van der Waals surface area (Å²) in [5.74, 6) is -1.88. The van der Waals surface area contributed by atoms with Crippen LogP contribution in [0.1, 0.15) is 36.6 Å². The molecular formula is C17H12BO6. The van der Waals surface area contributed by atoms with Crippen LogP contribution in [0.25, 0.3) is 0 Å². The highest BCUT2D eigenvalue weighted by molar-refractivity contribution is 6.67. The number of hydrogen-bond donors (Lipinski definition) is 1. The van der Waals surface area contributed by atoms with Crippen molar-refractivity contribution in [1.29, 1.82) is 0 Å². The molecule has 0 amide bonds. The Morgan fingerprint density at radius 3 is 2.46 bits per heavy atom. The Hall–Kier alpha value is -2.93. The summed E-state index contributed by atoms with van der Waals surface area (Å²) in [5.41, 5.74) is 3.10. The lowest BCUT2D eigenvalue weighted by Crippen LogP contribution is -2.28. The number of aliphatic hydroxyl groups is 1. The van der Waals surface area contributed by atoms with Crippen molar-refractivity contribution >= 4 is 36.1 Å². The van der Waals surface area contributed by atoms with Gasteiger partial charge >= 0.3 is 17.9 Å². The predicted octanol–water partition coefficient (Wildman–Crippen LogP) is 0.0672. The van der Waals surface area contributed by atoms with Gasteiger partial charge in [-0.25, -0.2) is 14.4 Å². The average Bonchev–Trinajstić information content (AvgIpc) is 2.82. The molecule has 0 bridgehead atoms. The van der Waals surface area contributed by atoms with Crippen LogP contribution in [0, 0.1) is 6.92 Å². The first-order valence-corrected chi connectivity index (χ1v) is 7.13. The second kappa shape index (κ2) is 6.29. The van der Waals surface area contributed by atoms with E-state index in [0.29, 0.717) is 11.1 Å². The van der Waals surface area contributed by atoms with Gasteiger partial charge in [0.15, 0.2) is 14.1 Å². The molecule has 24 heavy (non-hydrogen) atoms. The number of carbonyl (C=O) groups is 3. The van der Waals surface area contributed by atoms with Crippen LogP contribution in [0.2, 0.25) is 0 Å². The number of aryl methyl sites for hydroxylation is 1. The molecule has 1 radical (unpaired) electrons. The van der Waals surface area contributed by atoms with E-state index in [2.05, 4.69) is 9.47 Å². The highest BCUT2D eigenvalue weighted by atomic mass is 16.6. The maximum absolute atomic E-state index is 11.7. The smallest absolute Gasteiger partial charge is 0.346 e. The average molecular weight is 323 g/mol. The fraction of sp³-hybridized carbons (Fsp3) is 0.118. The molecule has 1 heterocycles. The van der Waals surface area contributed by atoms with Crippen molar-refractivity contribution in [2.45, 2.75) is 6.92 Å². The van der Waals surface area contributed by atoms with Gasteiger partial charge in [-0.3, -0.25) is 0 Å². The highest BCUT2D eigenvalue weighted by Gasteiger charge is 2.29. The molecule has 0 saturated heterocycles. The molecule has 1 aliphatic rings. The Bertz CT molecular complexity index is 858. The summed E-state index contributed by atoms with van der Waals surface area (Å²) < 4.78 is 9.12. The number of fused-ring (bicyclic) bond motifs is 1. The Morgan fingerprint density at radius 2 is 1.75 bits per heavy atom. The maximum atomic E-state index is 11.7. The molecule has 0 aliphatic carbocycles. The first-order valence-electron chi connectivity index (χ1n) is 7.13. The molecule has 2 aromatic carbocycles. The van der Waals surface area contributed by atoms with E-state index in [1.807, 2.05) is 7.28 Å². The Morgan fingerprint density at radius 1 is 1.08 bits per heavy atom. The summed E-state index contributed by atoms with van der Waals surface area (Å²) in [6, 6.07) is 9.95. The van der Waals surface area contributed by atoms with Crippen molar-refractivity contribution in [3.8, 4) is 0 Å². The van der Waals surface area contributed by atoms with Gasteiger partial charge in [-0.15, -0.1) is 0 Å². The zero-order chi connectivity index (χ0) is 17.3. The minimum absolute atomic E-state index is 0.244. The second-order valence-electron chi connectivity index (χ2n) is 5.26. The standard InChI is InChI=1S/C17H12BO6/c1-9-6-10(2-4-12(9)15(20)23-8-19)18-11-3-5-13-14(7-11)17(22)24-16(13)21/h2-7,19H,8H2,1H3. The summed E-state index contributed by atoms with van der Waals surface area (Å²) >= 11 is 0. The molecule has 7 heteroatoms. The van der Waals surface area contributed by atoms with Crippen molar-refractivity contribution in [1.82, 2.24) is 0 Å². The summed E-state index contributed by atoms with van der Waals surface area (Å²) in [7, 11) is 1.81. The Labute approximate surface area is 138 Å². The minimum atomic E-state index is -0.671. The van der Waals surface area contributed by atoms with E-state index in [4.69, 9.17) is 5.11 Å². The fourth-order valence-electron chi connectivity index (χ4n) is 2.53. The Kier molecular flexibility index (Phi) is 4.18. The topological polar surface area (TPSA) is 89.9 Å². The molecule has 0 aromatic heterocycles. The van der Waals surface area contributed by atoms with Gasteiger partial charge < -0.3 is 14.6 Å². The van der Waals surface area contributed by atoms with E-state index >= 15 is 0 Å². The first kappa shape index (κ1) is 16.0. The molecule has 3 rings (SSSR count). The van der Waals surface area contributed by atoms with Crippen LogP contribution in [0.4, 0.5) is 0 Å². The summed E-state index contributed by atoms with van der Waals surface area (Å²) in [6.07, 6.45) is 0. The Balaban J connectivity index is 1.83. The molecule has 0 saturated carbocycles. The number of carbonyl (C=O) groups excluding carboxylic acids is 3. The van der Waals surface area contributed by atoms with Crippen LogP contribution in [0.15, 0.2) is 36.4 Å². The molecule has 0 fully saturated rings. The number of aliphatic hydroxyl groups excluding tert-OH is 1. The molecule has 1 aliphatic heterocycles. The molecule has 2 aromatic rings. The largest absolute Gasteiger partial charge is 0.435 e. The number of hydrogen-bond acceptors (Lipinski definition) is 6. The van der Waals surface area contributed by atoms with E-state index in [-0.39, 0.29) is 11.1 Å². The number of ether oxygens (including phenoxy) is 2. The molecule has 1 N–H and O–H groups in total. The van der Waals surface area contributed by atoms with Crippen LogP contribution < -0.4 is 10.9 Å². The van der Waals surface area contributed by atoms with Gasteiger partial charge in [-0.2, -0.15) is 0 Å². The summed E-state index contributed by atoms with van der Waals surface area (Å²) in [5, 5.41) is 8.64. The van der Waals surface area contributed by atoms with Crippen molar-refractivity contribution in [2.24, 2.45) is 0 Å². The molecule has 0 atom stereocenters. The van der Waals surface area contributed by atoms with Crippen molar-refractivity contribution in [3.05, 3.63) is 58.7 Å². The number of rotatable bonds is 4. The first-order chi connectivity index (χ1) is 11.5. The highest BCUT2D eigenvalue weighted by Crippen LogP contribution is 2.18. The number of esters is 3. The van der Waals surface area contributed by atoms with Gasteiger partial charge in [-0.1, -0.05) is 35.2 Å². The van der Waals surface area contributed by atoms with E-state index < -0.39 is 24.7 Å². The van der Waals surface area contributed by atoms with Gasteiger partial charge in [0.25, 0.3) is 0 Å². The third-order valence-electron chi connectivity index (χ3n) is 3.67. The van der Waals surface area contributed by atoms with E-state index in [9.17, 15) is 14.4 Å². The van der Waals surface area contributed by atoms with Crippen LogP contribution in [0.5, 0.6) is 0 Å². The third-order valence-corrected chi connectivity index (χ3v) is 3.67. The quantitative estimate of drug-likeness (QED) is 0.371. The van der Waals surface area contributed by atoms with Crippen LogP contribution >= 0.6 is 0 Å². The van der Waals surface area contributed by atoms with E-state index in [1.165, 1.54) is 0 Å². The monoisotopic (exact) mass is 323 g/mol. The van der Waals surface area contributed by atoms with Crippen molar-refractivity contribution in [2.75, 3.05) is 6.79 Å². The van der Waals surface area contributed by atoms with Gasteiger partial charge in [-0.05, 0) is 24.6 Å². The molecule has 6 nitrogen and oxygen atoms in total. The molecule has 0 unspecified atom stereocenters. The van der Waals surface area contributed by atoms with Crippen LogP contribution in [-0.4, -0.2) is 37.1 Å². The number of cyclic esters (lactones) is 2. The maximum Gasteiger partial charge on any atom is 0.346 e. The summed E-state index contributed by atoms with van der Waals surface area (Å²) in [4.78, 5) is 34.7. The van der Waals surface area contributed by atoms with Gasteiger partial charge in [0.1, 0.15) is 0 Å². The SMILES string of the molecule is Cc1cc([B]c2ccc3c(c2)C(=O)OC3=O)ccc1C(=O)OCO. The lowest BCUT2D eigenvalue weighted by Gasteiger charge is -2.08. The second-order valence-corrected chi connectivity index (χ2v) is 5.26. The molecule has 0 spiro atoms. The van der Waals surface area contributed by atoms with Crippen molar-refractivity contribution in [3.63, 3.8) is 0 Å². The third kappa shape index (κ3) is 2.94. The zero-order valence-electron chi connectivity index (χ0n) is 12.7. The van der Waals surface area contributed by atoms with E-state index in [0.717, 1.165) is 10.9 Å². The van der Waals surface area contributed by atoms with Crippen LogP contribution in [0.3, 0.4) is 0 Å². The predicted molar refractivity (Wildman–Crippen MR) is 84.9 cm³/mol. The lowest BCUT2D eigenvalue weighted by atomic mass is 9.63. The minimum Gasteiger partial charge on any atom is -0.435 e. The zero-order valence-corrected chi connectivity index (χ0v) is 12.7. The molecule has 119 valence electrons. The normalized spacial score (nSPS) is 12.6. The van der Waals surface area contributed by atoms with Gasteiger partial charge in [0, 0.05) is 0 Å². The molecular weight excluding hydrogens is 311 g/mol. The number of benzene rings is 2. The summed E-state index contributed by atoms with van der Waals surface area (Å²) in [6.45, 7) is 1.08. The van der Waals surface area contributed by atoms with Crippen molar-refractivity contribution < 1.29 is 29.0 Å². The van der Waals surface area contributed by atoms with Gasteiger partial charge in [0.05, 0.1) is 16.7 Å². The van der Waals surface area contributed by atoms with E-state index in [1.54, 1.807) is 43.3 Å². The van der Waals surface area contributed by atoms with Crippen LogP contribution in [-0.2, 0) is 9.47 Å². The lowest BCUT2D eigenvalue weighted by molar-refractivity contribution is 0.00672. The van der Waals surface area contributed by atoms with Gasteiger partial charge in [0.2, 0.25) is 0 Å².